The molecule has 0 saturated carbocycles. The van der Waals surface area contributed by atoms with Gasteiger partial charge in [0.25, 0.3) is 11.8 Å². The van der Waals surface area contributed by atoms with Gasteiger partial charge in [-0.2, -0.15) is 0 Å². The fourth-order valence-corrected chi connectivity index (χ4v) is 3.58. The van der Waals surface area contributed by atoms with Gasteiger partial charge >= 0.3 is 12.0 Å². The topological polar surface area (TPSA) is 113 Å². The SMILES string of the molecule is O=C1NC(=O)N(c2ccc(Cl)c(Cl)c2)C(=O)/C1=C\c1cccc(OCc2ccc(C(=O)O)cc2)c1. The minimum Gasteiger partial charge on any atom is -0.489 e. The van der Waals surface area contributed by atoms with Crippen LogP contribution in [0.3, 0.4) is 0 Å². The standard InChI is InChI=1S/C25H16Cl2N2O6/c26-20-9-8-17(12-21(20)27)29-23(31)19(22(30)28-25(29)34)11-15-2-1-3-18(10-15)35-13-14-4-6-16(7-5-14)24(32)33/h1-12H,13H2,(H,32,33)(H,28,30,34)/b19-11-. The van der Waals surface area contributed by atoms with Gasteiger partial charge < -0.3 is 9.84 Å². The molecule has 4 rings (SSSR count). The molecule has 10 heteroatoms. The number of nitrogens with zero attached hydrogens (tertiary/aromatic N) is 1. The Morgan fingerprint density at radius 3 is 2.40 bits per heavy atom. The number of carboxylic acids is 1. The monoisotopic (exact) mass is 510 g/mol. The van der Waals surface area contributed by atoms with Crippen LogP contribution in [-0.4, -0.2) is 28.9 Å². The molecule has 4 amide bonds. The summed E-state index contributed by atoms with van der Waals surface area (Å²) >= 11 is 11.9. The molecular formula is C25H16Cl2N2O6. The molecule has 1 saturated heterocycles. The van der Waals surface area contributed by atoms with E-state index in [4.69, 9.17) is 33.0 Å². The van der Waals surface area contributed by atoms with Crippen molar-refractivity contribution in [3.05, 3.63) is 99.0 Å². The van der Waals surface area contributed by atoms with Crippen molar-refractivity contribution < 1.29 is 29.0 Å². The number of halogens is 2. The lowest BCUT2D eigenvalue weighted by molar-refractivity contribution is -0.122. The molecule has 0 aromatic heterocycles. The zero-order chi connectivity index (χ0) is 25.1. The predicted octanol–water partition coefficient (Wildman–Crippen LogP) is 4.94. The van der Waals surface area contributed by atoms with Gasteiger partial charge in [0.2, 0.25) is 0 Å². The summed E-state index contributed by atoms with van der Waals surface area (Å²) in [6, 6.07) is 16.3. The number of carbonyl (C=O) groups excluding carboxylic acids is 3. The average Bonchev–Trinajstić information content (AvgIpc) is 2.83. The van der Waals surface area contributed by atoms with Crippen molar-refractivity contribution in [2.24, 2.45) is 0 Å². The van der Waals surface area contributed by atoms with Crippen LogP contribution in [0.5, 0.6) is 5.75 Å². The number of anilines is 1. The Labute approximate surface area is 209 Å². The lowest BCUT2D eigenvalue weighted by Crippen LogP contribution is -2.54. The average molecular weight is 511 g/mol. The van der Waals surface area contributed by atoms with E-state index in [1.165, 1.54) is 36.4 Å². The summed E-state index contributed by atoms with van der Waals surface area (Å²) in [5.74, 6) is -2.20. The first kappa shape index (κ1) is 24.0. The molecular weight excluding hydrogens is 495 g/mol. The third-order valence-electron chi connectivity index (χ3n) is 5.04. The highest BCUT2D eigenvalue weighted by atomic mass is 35.5. The fraction of sp³-hybridized carbons (Fsp3) is 0.0400. The molecule has 0 aliphatic carbocycles. The van der Waals surface area contributed by atoms with Crippen molar-refractivity contribution in [3.8, 4) is 5.75 Å². The van der Waals surface area contributed by atoms with Crippen molar-refractivity contribution in [1.82, 2.24) is 5.32 Å². The van der Waals surface area contributed by atoms with Crippen molar-refractivity contribution in [1.29, 1.82) is 0 Å². The molecule has 176 valence electrons. The van der Waals surface area contributed by atoms with Crippen LogP contribution in [0.4, 0.5) is 10.5 Å². The first-order valence-electron chi connectivity index (χ1n) is 10.1. The number of nitrogens with one attached hydrogen (secondary N) is 1. The predicted molar refractivity (Wildman–Crippen MR) is 130 cm³/mol. The quantitative estimate of drug-likeness (QED) is 0.358. The second-order valence-electron chi connectivity index (χ2n) is 7.42. The molecule has 35 heavy (non-hydrogen) atoms. The van der Waals surface area contributed by atoms with Crippen LogP contribution in [0.2, 0.25) is 10.0 Å². The Balaban J connectivity index is 1.54. The van der Waals surface area contributed by atoms with Gasteiger partial charge in [0.1, 0.15) is 17.9 Å². The van der Waals surface area contributed by atoms with Crippen molar-refractivity contribution in [2.45, 2.75) is 6.61 Å². The minimum absolute atomic E-state index is 0.148. The summed E-state index contributed by atoms with van der Waals surface area (Å²) in [7, 11) is 0. The number of hydrogen-bond acceptors (Lipinski definition) is 5. The van der Waals surface area contributed by atoms with Gasteiger partial charge in [0.15, 0.2) is 0 Å². The van der Waals surface area contributed by atoms with Gasteiger partial charge in [-0.1, -0.05) is 47.5 Å². The second-order valence-corrected chi connectivity index (χ2v) is 8.23. The highest BCUT2D eigenvalue weighted by Gasteiger charge is 2.37. The first-order valence-corrected chi connectivity index (χ1v) is 10.9. The van der Waals surface area contributed by atoms with Gasteiger partial charge in [-0.05, 0) is 59.7 Å². The maximum atomic E-state index is 13.0. The molecule has 8 nitrogen and oxygen atoms in total. The van der Waals surface area contributed by atoms with Crippen LogP contribution in [0.1, 0.15) is 21.5 Å². The highest BCUT2D eigenvalue weighted by Crippen LogP contribution is 2.29. The van der Waals surface area contributed by atoms with E-state index < -0.39 is 23.8 Å². The third kappa shape index (κ3) is 5.34. The van der Waals surface area contributed by atoms with E-state index in [2.05, 4.69) is 5.32 Å². The Bertz CT molecular complexity index is 1380. The number of hydrogen-bond donors (Lipinski definition) is 2. The number of benzene rings is 3. The van der Waals surface area contributed by atoms with E-state index >= 15 is 0 Å². The molecule has 0 radical (unpaired) electrons. The Kier molecular flexibility index (Phi) is 6.86. The Morgan fingerprint density at radius 2 is 1.71 bits per heavy atom. The molecule has 1 aliphatic rings. The highest BCUT2D eigenvalue weighted by molar-refractivity contribution is 6.43. The van der Waals surface area contributed by atoms with E-state index in [1.807, 2.05) is 0 Å². The molecule has 0 atom stereocenters. The summed E-state index contributed by atoms with van der Waals surface area (Å²) in [5, 5.41) is 11.5. The molecule has 0 bridgehead atoms. The first-order chi connectivity index (χ1) is 16.7. The smallest absolute Gasteiger partial charge is 0.335 e. The summed E-state index contributed by atoms with van der Waals surface area (Å²) in [6.45, 7) is 0.180. The number of ether oxygens (including phenoxy) is 1. The zero-order valence-electron chi connectivity index (χ0n) is 17.8. The lowest BCUT2D eigenvalue weighted by atomic mass is 10.1. The number of carboxylic acid groups (broad SMARTS) is 1. The number of imide groups is 2. The zero-order valence-corrected chi connectivity index (χ0v) is 19.3. The number of aromatic carboxylic acids is 1. The van der Waals surface area contributed by atoms with Gasteiger partial charge in [-0.25, -0.2) is 14.5 Å². The van der Waals surface area contributed by atoms with Crippen LogP contribution in [-0.2, 0) is 16.2 Å². The van der Waals surface area contributed by atoms with Crippen molar-refractivity contribution >= 4 is 58.8 Å². The van der Waals surface area contributed by atoms with Crippen LogP contribution in [0, 0.1) is 0 Å². The number of urea groups is 1. The molecule has 1 aliphatic heterocycles. The molecule has 2 N–H and O–H groups in total. The van der Waals surface area contributed by atoms with Crippen molar-refractivity contribution in [2.75, 3.05) is 4.90 Å². The number of carbonyl (C=O) groups is 4. The molecule has 3 aromatic carbocycles. The largest absolute Gasteiger partial charge is 0.489 e. The van der Waals surface area contributed by atoms with Gasteiger partial charge in [-0.15, -0.1) is 0 Å². The maximum Gasteiger partial charge on any atom is 0.335 e. The summed E-state index contributed by atoms with van der Waals surface area (Å²) in [5.41, 5.74) is 1.33. The van der Waals surface area contributed by atoms with E-state index in [1.54, 1.807) is 36.4 Å². The van der Waals surface area contributed by atoms with Crippen molar-refractivity contribution in [3.63, 3.8) is 0 Å². The second kappa shape index (κ2) is 10.0. The molecule has 1 heterocycles. The summed E-state index contributed by atoms with van der Waals surface area (Å²) in [4.78, 5) is 49.6. The summed E-state index contributed by atoms with van der Waals surface area (Å²) in [6.07, 6.45) is 1.35. The normalized spacial score (nSPS) is 14.7. The third-order valence-corrected chi connectivity index (χ3v) is 5.78. The number of barbiturate groups is 1. The number of rotatable bonds is 6. The van der Waals surface area contributed by atoms with Gasteiger partial charge in [0.05, 0.1) is 21.3 Å². The van der Waals surface area contributed by atoms with E-state index in [9.17, 15) is 19.2 Å². The van der Waals surface area contributed by atoms with E-state index in [0.29, 0.717) is 11.3 Å². The van der Waals surface area contributed by atoms with E-state index in [-0.39, 0.29) is 33.5 Å². The summed E-state index contributed by atoms with van der Waals surface area (Å²) < 4.78 is 5.75. The molecule has 1 fully saturated rings. The van der Waals surface area contributed by atoms with Gasteiger partial charge in [0, 0.05) is 0 Å². The fourth-order valence-electron chi connectivity index (χ4n) is 3.29. The van der Waals surface area contributed by atoms with Crippen LogP contribution >= 0.6 is 23.2 Å². The van der Waals surface area contributed by atoms with Crippen LogP contribution < -0.4 is 15.0 Å². The Morgan fingerprint density at radius 1 is 0.971 bits per heavy atom. The van der Waals surface area contributed by atoms with Gasteiger partial charge in [-0.3, -0.25) is 14.9 Å². The molecule has 0 unspecified atom stereocenters. The lowest BCUT2D eigenvalue weighted by Gasteiger charge is -2.26. The van der Waals surface area contributed by atoms with E-state index in [0.717, 1.165) is 10.5 Å². The maximum absolute atomic E-state index is 13.0. The Hall–Kier alpha value is -4.14. The molecule has 0 spiro atoms. The van der Waals surface area contributed by atoms with Crippen LogP contribution in [0.15, 0.2) is 72.3 Å². The minimum atomic E-state index is -1.01. The molecule has 3 aromatic rings. The number of amides is 4. The van der Waals surface area contributed by atoms with Crippen LogP contribution in [0.25, 0.3) is 6.08 Å².